The maximum absolute atomic E-state index is 6.09. The molecule has 0 amide bonds. The third-order valence-electron chi connectivity index (χ3n) is 6.21. The molecule has 174 valence electrons. The van der Waals surface area contributed by atoms with E-state index >= 15 is 0 Å². The van der Waals surface area contributed by atoms with Gasteiger partial charge in [-0.3, -0.25) is 0 Å². The van der Waals surface area contributed by atoms with E-state index in [1.807, 2.05) is 71.5 Å². The number of hydrogen-bond donors (Lipinski definition) is 1. The molecule has 1 fully saturated rings. The van der Waals surface area contributed by atoms with E-state index in [9.17, 15) is 0 Å². The van der Waals surface area contributed by atoms with Crippen LogP contribution in [0.2, 0.25) is 5.02 Å². The Labute approximate surface area is 208 Å². The highest BCUT2D eigenvalue weighted by Gasteiger charge is 2.22. The van der Waals surface area contributed by atoms with Crippen LogP contribution in [-0.2, 0) is 0 Å². The molecule has 3 heterocycles. The molecule has 0 atom stereocenters. The third-order valence-corrected chi connectivity index (χ3v) is 6.46. The highest BCUT2D eigenvalue weighted by atomic mass is 35.5. The Balaban J connectivity index is 1.36. The van der Waals surface area contributed by atoms with E-state index in [4.69, 9.17) is 21.6 Å². The Morgan fingerprint density at radius 1 is 0.686 bits per heavy atom. The van der Waals surface area contributed by atoms with Crippen LogP contribution < -0.4 is 15.1 Å². The van der Waals surface area contributed by atoms with Gasteiger partial charge >= 0.3 is 0 Å². The highest BCUT2D eigenvalue weighted by Crippen LogP contribution is 2.29. The first kappa shape index (κ1) is 21.4. The number of para-hydroxylation sites is 2. The van der Waals surface area contributed by atoms with E-state index in [-0.39, 0.29) is 0 Å². The standard InChI is InChI=1S/C27H24ClN7/c28-20-11-13-21(14-12-20)30-25-24-19-29-35(23-9-5-2-6-10-23)26(24)32-27(31-25)34-17-15-33(16-18-34)22-7-3-1-4-8-22/h1-14,19H,15-18H2,(H,30,31,32). The Morgan fingerprint density at radius 2 is 1.31 bits per heavy atom. The summed E-state index contributed by atoms with van der Waals surface area (Å²) < 4.78 is 1.87. The van der Waals surface area contributed by atoms with E-state index in [0.717, 1.165) is 54.4 Å². The summed E-state index contributed by atoms with van der Waals surface area (Å²) in [6.45, 7) is 3.48. The molecule has 0 spiro atoms. The SMILES string of the molecule is Clc1ccc(Nc2nc(N3CCN(c4ccccc4)CC3)nc3c2cnn3-c2ccccc2)cc1. The fourth-order valence-corrected chi connectivity index (χ4v) is 4.49. The van der Waals surface area contributed by atoms with Gasteiger partial charge in [-0.05, 0) is 48.5 Å². The van der Waals surface area contributed by atoms with E-state index < -0.39 is 0 Å². The zero-order chi connectivity index (χ0) is 23.6. The molecule has 1 aliphatic heterocycles. The first-order valence-corrected chi connectivity index (χ1v) is 12.0. The first-order chi connectivity index (χ1) is 17.2. The summed E-state index contributed by atoms with van der Waals surface area (Å²) in [6, 6.07) is 28.2. The van der Waals surface area contributed by atoms with Crippen molar-refractivity contribution in [2.24, 2.45) is 0 Å². The van der Waals surface area contributed by atoms with Gasteiger partial charge in [0.15, 0.2) is 5.65 Å². The zero-order valence-electron chi connectivity index (χ0n) is 19.0. The number of nitrogens with one attached hydrogen (secondary N) is 1. The van der Waals surface area contributed by atoms with Crippen molar-refractivity contribution in [2.45, 2.75) is 0 Å². The van der Waals surface area contributed by atoms with Crippen LogP contribution >= 0.6 is 11.6 Å². The summed E-state index contributed by atoms with van der Waals surface area (Å²) >= 11 is 6.09. The Morgan fingerprint density at radius 3 is 2.00 bits per heavy atom. The molecular weight excluding hydrogens is 458 g/mol. The van der Waals surface area contributed by atoms with Crippen LogP contribution in [0.15, 0.2) is 91.1 Å². The van der Waals surface area contributed by atoms with Gasteiger partial charge < -0.3 is 15.1 Å². The first-order valence-electron chi connectivity index (χ1n) is 11.6. The molecule has 1 N–H and O–H groups in total. The molecular formula is C27H24ClN7. The molecule has 8 heteroatoms. The van der Waals surface area contributed by atoms with Crippen LogP contribution in [-0.4, -0.2) is 45.9 Å². The highest BCUT2D eigenvalue weighted by molar-refractivity contribution is 6.30. The van der Waals surface area contributed by atoms with E-state index in [1.54, 1.807) is 0 Å². The second-order valence-electron chi connectivity index (χ2n) is 8.44. The number of anilines is 4. The van der Waals surface area contributed by atoms with Gasteiger partial charge in [0.2, 0.25) is 5.95 Å². The van der Waals surface area contributed by atoms with Gasteiger partial charge in [-0.25, -0.2) is 4.68 Å². The van der Waals surface area contributed by atoms with Gasteiger partial charge in [0.05, 0.1) is 17.3 Å². The van der Waals surface area contributed by atoms with Crippen LogP contribution in [0.4, 0.5) is 23.1 Å². The van der Waals surface area contributed by atoms with Crippen molar-refractivity contribution in [3.63, 3.8) is 0 Å². The minimum absolute atomic E-state index is 0.692. The minimum Gasteiger partial charge on any atom is -0.368 e. The van der Waals surface area contributed by atoms with Crippen molar-refractivity contribution in [1.29, 1.82) is 0 Å². The van der Waals surface area contributed by atoms with Gasteiger partial charge in [-0.2, -0.15) is 15.1 Å². The van der Waals surface area contributed by atoms with Gasteiger partial charge in [0.1, 0.15) is 5.82 Å². The topological polar surface area (TPSA) is 62.1 Å². The van der Waals surface area contributed by atoms with E-state index in [2.05, 4.69) is 44.5 Å². The fraction of sp³-hybridized carbons (Fsp3) is 0.148. The number of halogens is 1. The quantitative estimate of drug-likeness (QED) is 0.355. The average molecular weight is 482 g/mol. The lowest BCUT2D eigenvalue weighted by atomic mass is 10.2. The van der Waals surface area contributed by atoms with Crippen LogP contribution in [0.1, 0.15) is 0 Å². The number of rotatable bonds is 5. The summed E-state index contributed by atoms with van der Waals surface area (Å²) in [6.07, 6.45) is 1.82. The summed E-state index contributed by atoms with van der Waals surface area (Å²) in [5, 5.41) is 9.65. The molecule has 1 saturated heterocycles. The number of aromatic nitrogens is 4. The molecule has 7 nitrogen and oxygen atoms in total. The largest absolute Gasteiger partial charge is 0.368 e. The molecule has 0 bridgehead atoms. The van der Waals surface area contributed by atoms with Crippen molar-refractivity contribution >= 4 is 45.8 Å². The smallest absolute Gasteiger partial charge is 0.229 e. The number of fused-ring (bicyclic) bond motifs is 1. The van der Waals surface area contributed by atoms with Gasteiger partial charge in [0, 0.05) is 42.6 Å². The predicted octanol–water partition coefficient (Wildman–Crippen LogP) is 5.54. The maximum atomic E-state index is 6.09. The lowest BCUT2D eigenvalue weighted by Gasteiger charge is -2.36. The van der Waals surface area contributed by atoms with Gasteiger partial charge in [0.25, 0.3) is 0 Å². The van der Waals surface area contributed by atoms with Crippen molar-refractivity contribution in [1.82, 2.24) is 19.7 Å². The lowest BCUT2D eigenvalue weighted by Crippen LogP contribution is -2.47. The minimum atomic E-state index is 0.692. The van der Waals surface area contributed by atoms with Crippen molar-refractivity contribution in [3.05, 3.63) is 96.1 Å². The molecule has 5 aromatic rings. The molecule has 1 aliphatic rings. The summed E-state index contributed by atoms with van der Waals surface area (Å²) in [5.41, 5.74) is 3.87. The molecule has 3 aromatic carbocycles. The van der Waals surface area contributed by atoms with Crippen molar-refractivity contribution in [2.75, 3.05) is 41.3 Å². The Kier molecular flexibility index (Phi) is 5.68. The molecule has 0 aliphatic carbocycles. The van der Waals surface area contributed by atoms with Crippen LogP contribution in [0, 0.1) is 0 Å². The third kappa shape index (κ3) is 4.38. The summed E-state index contributed by atoms with van der Waals surface area (Å²) in [4.78, 5) is 14.6. The van der Waals surface area contributed by atoms with Crippen molar-refractivity contribution < 1.29 is 0 Å². The lowest BCUT2D eigenvalue weighted by molar-refractivity contribution is 0.641. The predicted molar refractivity (Wildman–Crippen MR) is 142 cm³/mol. The summed E-state index contributed by atoms with van der Waals surface area (Å²) in [7, 11) is 0. The number of nitrogens with zero attached hydrogens (tertiary/aromatic N) is 6. The summed E-state index contributed by atoms with van der Waals surface area (Å²) in [5.74, 6) is 1.42. The maximum Gasteiger partial charge on any atom is 0.229 e. The molecule has 35 heavy (non-hydrogen) atoms. The molecule has 2 aromatic heterocycles. The Bertz CT molecular complexity index is 1430. The molecule has 0 radical (unpaired) electrons. The van der Waals surface area contributed by atoms with Crippen LogP contribution in [0.5, 0.6) is 0 Å². The molecule has 0 saturated carbocycles. The van der Waals surface area contributed by atoms with Crippen LogP contribution in [0.25, 0.3) is 16.7 Å². The van der Waals surface area contributed by atoms with Gasteiger partial charge in [-0.1, -0.05) is 48.0 Å². The number of benzene rings is 3. The molecule has 0 unspecified atom stereocenters. The fourth-order valence-electron chi connectivity index (χ4n) is 4.36. The zero-order valence-corrected chi connectivity index (χ0v) is 19.8. The second kappa shape index (κ2) is 9.27. The monoisotopic (exact) mass is 481 g/mol. The van der Waals surface area contributed by atoms with Crippen LogP contribution in [0.3, 0.4) is 0 Å². The average Bonchev–Trinajstić information content (AvgIpc) is 3.35. The number of hydrogen-bond acceptors (Lipinski definition) is 6. The normalized spacial score (nSPS) is 13.9. The van der Waals surface area contributed by atoms with Gasteiger partial charge in [-0.15, -0.1) is 0 Å². The van der Waals surface area contributed by atoms with E-state index in [1.165, 1.54) is 5.69 Å². The van der Waals surface area contributed by atoms with E-state index in [0.29, 0.717) is 11.0 Å². The Hall–Kier alpha value is -4.10. The number of piperazine rings is 1. The molecule has 6 rings (SSSR count). The second-order valence-corrected chi connectivity index (χ2v) is 8.88. The van der Waals surface area contributed by atoms with Crippen molar-refractivity contribution in [3.8, 4) is 5.69 Å².